The van der Waals surface area contributed by atoms with Crippen LogP contribution in [0, 0.1) is 5.82 Å². The molecule has 1 aromatic heterocycles. The van der Waals surface area contributed by atoms with E-state index in [0.717, 1.165) is 10.4 Å². The molecule has 0 bridgehead atoms. The molecule has 0 unspecified atom stereocenters. The maximum absolute atomic E-state index is 13.2. The Morgan fingerprint density at radius 3 is 2.59 bits per heavy atom. The first-order valence-electron chi connectivity index (χ1n) is 8.59. The fourth-order valence-corrected chi connectivity index (χ4v) is 3.75. The van der Waals surface area contributed by atoms with Crippen molar-refractivity contribution < 1.29 is 18.8 Å². The Bertz CT molecular complexity index is 823. The summed E-state index contributed by atoms with van der Waals surface area (Å²) in [7, 11) is 1.57. The lowest BCUT2D eigenvalue weighted by molar-refractivity contribution is -0.126. The third-order valence-electron chi connectivity index (χ3n) is 4.35. The smallest absolute Gasteiger partial charge is 0.326 e. The van der Waals surface area contributed by atoms with Crippen LogP contribution in [0.4, 0.5) is 9.18 Å². The quantitative estimate of drug-likeness (QED) is 0.741. The number of amides is 4. The van der Waals surface area contributed by atoms with Crippen molar-refractivity contribution in [2.45, 2.75) is 18.9 Å². The molecule has 142 valence electrons. The first-order valence-corrected chi connectivity index (χ1v) is 9.47. The van der Waals surface area contributed by atoms with Gasteiger partial charge >= 0.3 is 6.03 Å². The Labute approximate surface area is 160 Å². The lowest BCUT2D eigenvalue weighted by Gasteiger charge is -2.19. The number of rotatable bonds is 7. The molecule has 1 fully saturated rings. The maximum atomic E-state index is 13.2. The Hall–Kier alpha value is -2.74. The summed E-state index contributed by atoms with van der Waals surface area (Å²) >= 11 is 1.51. The summed E-state index contributed by atoms with van der Waals surface area (Å²) in [5, 5.41) is 4.88. The summed E-state index contributed by atoms with van der Waals surface area (Å²) in [4.78, 5) is 39.5. The van der Waals surface area contributed by atoms with E-state index in [1.807, 2.05) is 17.5 Å². The molecule has 1 aromatic carbocycles. The van der Waals surface area contributed by atoms with Gasteiger partial charge in [0.05, 0.1) is 6.04 Å². The number of hydrogen-bond donors (Lipinski definition) is 1. The molecular weight excluding hydrogens is 369 g/mol. The fourth-order valence-electron chi connectivity index (χ4n) is 2.95. The van der Waals surface area contributed by atoms with Crippen LogP contribution in [0.1, 0.15) is 29.3 Å². The topological polar surface area (TPSA) is 69.7 Å². The molecule has 1 saturated heterocycles. The van der Waals surface area contributed by atoms with E-state index in [4.69, 9.17) is 0 Å². The molecular formula is C19H20FN3O3S. The van der Waals surface area contributed by atoms with Crippen LogP contribution in [0.5, 0.6) is 0 Å². The molecule has 0 aliphatic carbocycles. The standard InChI is InChI=1S/C19H20FN3O3S/c1-22-12-17(25)23(19(22)26)10-2-5-16(24)21-18(15-4-3-11-27-15)13-6-8-14(20)9-7-13/h3-4,6-9,11,18H,2,5,10,12H2,1H3,(H,21,24)/t18-/m1/s1. The molecule has 3 rings (SSSR count). The van der Waals surface area contributed by atoms with E-state index in [1.165, 1.54) is 33.3 Å². The molecule has 27 heavy (non-hydrogen) atoms. The zero-order chi connectivity index (χ0) is 19.4. The number of benzene rings is 1. The molecule has 4 amide bonds. The number of carbonyl (C=O) groups excluding carboxylic acids is 3. The fraction of sp³-hybridized carbons (Fsp3) is 0.316. The van der Waals surface area contributed by atoms with E-state index < -0.39 is 0 Å². The molecule has 1 N–H and O–H groups in total. The average molecular weight is 389 g/mol. The van der Waals surface area contributed by atoms with Gasteiger partial charge in [0.1, 0.15) is 12.4 Å². The van der Waals surface area contributed by atoms with Gasteiger partial charge in [-0.1, -0.05) is 18.2 Å². The normalized spacial score (nSPS) is 15.3. The van der Waals surface area contributed by atoms with Crippen LogP contribution in [-0.4, -0.2) is 47.8 Å². The summed E-state index contributed by atoms with van der Waals surface area (Å²) in [5.74, 6) is -0.768. The highest BCUT2D eigenvalue weighted by molar-refractivity contribution is 7.10. The minimum atomic E-state index is -0.362. The van der Waals surface area contributed by atoms with Gasteiger partial charge < -0.3 is 10.2 Å². The van der Waals surface area contributed by atoms with E-state index in [1.54, 1.807) is 19.2 Å². The van der Waals surface area contributed by atoms with Gasteiger partial charge in [-0.05, 0) is 35.6 Å². The van der Waals surface area contributed by atoms with E-state index in [9.17, 15) is 18.8 Å². The van der Waals surface area contributed by atoms with E-state index in [0.29, 0.717) is 6.42 Å². The number of halogens is 1. The Kier molecular flexibility index (Phi) is 5.85. The van der Waals surface area contributed by atoms with Crippen molar-refractivity contribution in [2.24, 2.45) is 0 Å². The summed E-state index contributed by atoms with van der Waals surface area (Å²) in [6.45, 7) is 0.297. The summed E-state index contributed by atoms with van der Waals surface area (Å²) in [6, 6.07) is 9.14. The van der Waals surface area contributed by atoms with Gasteiger partial charge in [-0.25, -0.2) is 9.18 Å². The van der Waals surface area contributed by atoms with Crippen LogP contribution in [-0.2, 0) is 9.59 Å². The van der Waals surface area contributed by atoms with Gasteiger partial charge in [-0.2, -0.15) is 0 Å². The number of nitrogens with one attached hydrogen (secondary N) is 1. The Morgan fingerprint density at radius 1 is 1.26 bits per heavy atom. The molecule has 6 nitrogen and oxygen atoms in total. The first kappa shape index (κ1) is 19.0. The molecule has 0 spiro atoms. The monoisotopic (exact) mass is 389 g/mol. The minimum Gasteiger partial charge on any atom is -0.344 e. The van der Waals surface area contributed by atoms with E-state index in [2.05, 4.69) is 5.32 Å². The number of hydrogen-bond acceptors (Lipinski definition) is 4. The molecule has 1 atom stereocenters. The van der Waals surface area contributed by atoms with Crippen LogP contribution < -0.4 is 5.32 Å². The highest BCUT2D eigenvalue weighted by Crippen LogP contribution is 2.26. The van der Waals surface area contributed by atoms with Crippen molar-refractivity contribution in [1.29, 1.82) is 0 Å². The maximum Gasteiger partial charge on any atom is 0.326 e. The van der Waals surface area contributed by atoms with Crippen LogP contribution in [0.3, 0.4) is 0 Å². The number of likely N-dealkylation sites (N-methyl/N-ethyl adjacent to an activating group) is 1. The second-order valence-corrected chi connectivity index (χ2v) is 7.33. The second-order valence-electron chi connectivity index (χ2n) is 6.36. The Morgan fingerprint density at radius 2 is 2.00 bits per heavy atom. The zero-order valence-corrected chi connectivity index (χ0v) is 15.7. The van der Waals surface area contributed by atoms with Gasteiger partial charge in [0, 0.05) is 24.9 Å². The molecule has 1 aliphatic heterocycles. The van der Waals surface area contributed by atoms with Gasteiger partial charge in [0.25, 0.3) is 0 Å². The van der Waals surface area contributed by atoms with Crippen molar-refractivity contribution in [3.63, 3.8) is 0 Å². The minimum absolute atomic E-state index is 0.0794. The van der Waals surface area contributed by atoms with E-state index >= 15 is 0 Å². The van der Waals surface area contributed by atoms with Crippen LogP contribution in [0.15, 0.2) is 41.8 Å². The molecule has 0 radical (unpaired) electrons. The lowest BCUT2D eigenvalue weighted by Crippen LogP contribution is -2.34. The first-order chi connectivity index (χ1) is 13.0. The van der Waals surface area contributed by atoms with Gasteiger partial charge in [0.15, 0.2) is 0 Å². The van der Waals surface area contributed by atoms with Crippen molar-refractivity contribution in [3.05, 3.63) is 58.0 Å². The molecule has 2 heterocycles. The van der Waals surface area contributed by atoms with Crippen LogP contribution >= 0.6 is 11.3 Å². The molecule has 8 heteroatoms. The number of carbonyl (C=O) groups is 3. The molecule has 2 aromatic rings. The van der Waals surface area contributed by atoms with Crippen LogP contribution in [0.2, 0.25) is 0 Å². The summed E-state index contributed by atoms with van der Waals surface area (Å²) in [5.41, 5.74) is 0.790. The Balaban J connectivity index is 1.59. The van der Waals surface area contributed by atoms with E-state index in [-0.39, 0.29) is 49.2 Å². The summed E-state index contributed by atoms with van der Waals surface area (Å²) in [6.07, 6.45) is 0.571. The predicted octanol–water partition coefficient (Wildman–Crippen LogP) is 2.77. The lowest BCUT2D eigenvalue weighted by atomic mass is 10.0. The largest absolute Gasteiger partial charge is 0.344 e. The molecule has 1 aliphatic rings. The third kappa shape index (κ3) is 4.51. The van der Waals surface area contributed by atoms with Crippen molar-refractivity contribution in [2.75, 3.05) is 20.1 Å². The van der Waals surface area contributed by atoms with Gasteiger partial charge in [0.2, 0.25) is 11.8 Å². The van der Waals surface area contributed by atoms with Gasteiger partial charge in [-0.15, -0.1) is 11.3 Å². The third-order valence-corrected chi connectivity index (χ3v) is 5.29. The average Bonchev–Trinajstić information content (AvgIpc) is 3.25. The van der Waals surface area contributed by atoms with Crippen molar-refractivity contribution >= 4 is 29.2 Å². The highest BCUT2D eigenvalue weighted by Gasteiger charge is 2.32. The van der Waals surface area contributed by atoms with Gasteiger partial charge in [-0.3, -0.25) is 14.5 Å². The number of thiophene rings is 1. The predicted molar refractivity (Wildman–Crippen MR) is 99.7 cm³/mol. The van der Waals surface area contributed by atoms with Crippen LogP contribution in [0.25, 0.3) is 0 Å². The number of urea groups is 1. The SMILES string of the molecule is CN1CC(=O)N(CCCC(=O)N[C@H](c2ccc(F)cc2)c2cccs2)C1=O. The number of imide groups is 1. The highest BCUT2D eigenvalue weighted by atomic mass is 32.1. The van der Waals surface area contributed by atoms with Crippen molar-refractivity contribution in [3.8, 4) is 0 Å². The number of nitrogens with zero attached hydrogens (tertiary/aromatic N) is 2. The molecule has 0 saturated carbocycles. The van der Waals surface area contributed by atoms with Crippen molar-refractivity contribution in [1.82, 2.24) is 15.1 Å². The second kappa shape index (κ2) is 8.30. The zero-order valence-electron chi connectivity index (χ0n) is 14.9. The summed E-state index contributed by atoms with van der Waals surface area (Å²) < 4.78 is 13.2.